The van der Waals surface area contributed by atoms with Gasteiger partial charge in [0.2, 0.25) is 0 Å². The van der Waals surface area contributed by atoms with Crippen molar-refractivity contribution in [1.29, 1.82) is 0 Å². The van der Waals surface area contributed by atoms with Crippen molar-refractivity contribution in [3.05, 3.63) is 21.4 Å². The zero-order valence-electron chi connectivity index (χ0n) is 7.78. The monoisotopic (exact) mass is 226 g/mol. The van der Waals surface area contributed by atoms with Crippen LogP contribution in [-0.4, -0.2) is 11.9 Å². The van der Waals surface area contributed by atoms with Gasteiger partial charge in [-0.25, -0.2) is 0 Å². The Kier molecular flexibility index (Phi) is 3.20. The summed E-state index contributed by atoms with van der Waals surface area (Å²) in [5.41, 5.74) is 7.04. The van der Waals surface area contributed by atoms with E-state index in [2.05, 4.69) is 23.9 Å². The number of aliphatic imine (C=N–C) groups is 1. The Morgan fingerprint density at radius 2 is 2.43 bits per heavy atom. The first-order valence-electron chi connectivity index (χ1n) is 4.10. The van der Waals surface area contributed by atoms with Gasteiger partial charge in [-0.2, -0.15) is 0 Å². The summed E-state index contributed by atoms with van der Waals surface area (Å²) < 4.78 is 0. The van der Waals surface area contributed by atoms with E-state index in [0.717, 1.165) is 11.3 Å². The molecule has 0 aliphatic carbocycles. The Morgan fingerprint density at radius 3 is 3.07 bits per heavy atom. The number of thiophene rings is 1. The van der Waals surface area contributed by atoms with Crippen LogP contribution in [0, 0.1) is 19.3 Å². The summed E-state index contributed by atoms with van der Waals surface area (Å²) in [6, 6.07) is 2.08. The average Bonchev–Trinajstić information content (AvgIpc) is 2.46. The van der Waals surface area contributed by atoms with Gasteiger partial charge in [0.25, 0.3) is 0 Å². The van der Waals surface area contributed by atoms with E-state index in [1.807, 2.05) is 0 Å². The fourth-order valence-electron chi connectivity index (χ4n) is 1.51. The van der Waals surface area contributed by atoms with Crippen LogP contribution in [0.2, 0.25) is 0 Å². The Balaban J connectivity index is 0.000000980. The van der Waals surface area contributed by atoms with Gasteiger partial charge in [-0.05, 0) is 18.6 Å². The smallest absolute Gasteiger partial charge is 0.137 e. The molecule has 14 heavy (non-hydrogen) atoms. The maximum Gasteiger partial charge on any atom is 0.137 e. The second-order valence-electron chi connectivity index (χ2n) is 3.11. The third-order valence-corrected chi connectivity index (χ3v) is 3.18. The number of terminal acetylenes is 1. The Labute approximate surface area is 93.6 Å². The number of hydrogen-bond donors (Lipinski definition) is 1. The number of halogens is 1. The van der Waals surface area contributed by atoms with Crippen molar-refractivity contribution < 1.29 is 0 Å². The van der Waals surface area contributed by atoms with Crippen molar-refractivity contribution in [2.24, 2.45) is 10.7 Å². The highest BCUT2D eigenvalue weighted by Crippen LogP contribution is 2.26. The summed E-state index contributed by atoms with van der Waals surface area (Å²) in [6.45, 7) is 2.07. The first-order valence-corrected chi connectivity index (χ1v) is 4.91. The maximum absolute atomic E-state index is 5.79. The predicted octanol–water partition coefficient (Wildman–Crippen LogP) is 1.74. The first kappa shape index (κ1) is 11.1. The highest BCUT2D eigenvalue weighted by atomic mass is 35.5. The van der Waals surface area contributed by atoms with Crippen LogP contribution >= 0.6 is 23.7 Å². The van der Waals surface area contributed by atoms with Crippen LogP contribution in [-0.2, 0) is 6.42 Å². The fraction of sp³-hybridized carbons (Fsp3) is 0.300. The summed E-state index contributed by atoms with van der Waals surface area (Å²) in [4.78, 5) is 6.59. The SMILES string of the molecule is C#CC1Cc2cc(C)sc2C(N)=N1.Cl. The molecule has 0 radical (unpaired) electrons. The van der Waals surface area contributed by atoms with Gasteiger partial charge in [-0.3, -0.25) is 4.99 Å². The molecule has 0 saturated carbocycles. The van der Waals surface area contributed by atoms with Gasteiger partial charge in [0, 0.05) is 11.3 Å². The van der Waals surface area contributed by atoms with Crippen LogP contribution in [0.3, 0.4) is 0 Å². The third-order valence-electron chi connectivity index (χ3n) is 2.07. The molecule has 2 nitrogen and oxygen atoms in total. The minimum Gasteiger partial charge on any atom is -0.383 e. The van der Waals surface area contributed by atoms with Crippen LogP contribution in [0.1, 0.15) is 15.3 Å². The number of rotatable bonds is 0. The summed E-state index contributed by atoms with van der Waals surface area (Å²) in [6.07, 6.45) is 6.15. The Hall–Kier alpha value is -0.980. The highest BCUT2D eigenvalue weighted by Gasteiger charge is 2.19. The fourth-order valence-corrected chi connectivity index (χ4v) is 2.47. The van der Waals surface area contributed by atoms with Gasteiger partial charge in [0.15, 0.2) is 0 Å². The largest absolute Gasteiger partial charge is 0.383 e. The van der Waals surface area contributed by atoms with E-state index in [4.69, 9.17) is 12.2 Å². The topological polar surface area (TPSA) is 38.4 Å². The molecular formula is C10H11ClN2S. The molecule has 0 saturated heterocycles. The van der Waals surface area contributed by atoms with Crippen molar-refractivity contribution in [2.75, 3.05) is 0 Å². The lowest BCUT2D eigenvalue weighted by Crippen LogP contribution is -2.23. The average molecular weight is 227 g/mol. The van der Waals surface area contributed by atoms with Crippen LogP contribution in [0.4, 0.5) is 0 Å². The van der Waals surface area contributed by atoms with Gasteiger partial charge < -0.3 is 5.73 Å². The van der Waals surface area contributed by atoms with Crippen LogP contribution in [0.5, 0.6) is 0 Å². The second kappa shape index (κ2) is 4.04. The molecule has 1 aliphatic heterocycles. The number of aryl methyl sites for hydroxylation is 1. The summed E-state index contributed by atoms with van der Waals surface area (Å²) in [5.74, 6) is 3.22. The van der Waals surface area contributed by atoms with Crippen molar-refractivity contribution >= 4 is 29.6 Å². The minimum atomic E-state index is -0.0681. The zero-order chi connectivity index (χ0) is 9.42. The molecule has 2 N–H and O–H groups in total. The molecule has 0 bridgehead atoms. The lowest BCUT2D eigenvalue weighted by atomic mass is 10.0. The van der Waals surface area contributed by atoms with Crippen molar-refractivity contribution in [2.45, 2.75) is 19.4 Å². The number of fused-ring (bicyclic) bond motifs is 1. The van der Waals surface area contributed by atoms with E-state index in [0.29, 0.717) is 5.84 Å². The minimum absolute atomic E-state index is 0. The molecule has 1 atom stereocenters. The molecule has 1 aromatic rings. The van der Waals surface area contributed by atoms with Gasteiger partial charge in [-0.1, -0.05) is 5.92 Å². The summed E-state index contributed by atoms with van der Waals surface area (Å²) in [5, 5.41) is 0. The van der Waals surface area contributed by atoms with Gasteiger partial charge in [0.05, 0.1) is 4.88 Å². The van der Waals surface area contributed by atoms with E-state index in [1.165, 1.54) is 10.4 Å². The quantitative estimate of drug-likeness (QED) is 0.673. The second-order valence-corrected chi connectivity index (χ2v) is 4.37. The maximum atomic E-state index is 5.79. The first-order chi connectivity index (χ1) is 6.20. The van der Waals surface area contributed by atoms with E-state index in [9.17, 15) is 0 Å². The van der Waals surface area contributed by atoms with Crippen LogP contribution < -0.4 is 5.73 Å². The molecule has 0 aromatic carbocycles. The number of nitrogens with zero attached hydrogens (tertiary/aromatic N) is 1. The summed E-state index contributed by atoms with van der Waals surface area (Å²) in [7, 11) is 0. The van der Waals surface area contributed by atoms with Crippen LogP contribution in [0.15, 0.2) is 11.1 Å². The molecule has 1 unspecified atom stereocenters. The number of nitrogens with two attached hydrogens (primary N) is 1. The van der Waals surface area contributed by atoms with E-state index in [-0.39, 0.29) is 18.4 Å². The van der Waals surface area contributed by atoms with Gasteiger partial charge >= 0.3 is 0 Å². The lowest BCUT2D eigenvalue weighted by molar-refractivity contribution is 0.822. The van der Waals surface area contributed by atoms with E-state index >= 15 is 0 Å². The van der Waals surface area contributed by atoms with Crippen molar-refractivity contribution in [3.63, 3.8) is 0 Å². The molecule has 0 amide bonds. The molecule has 2 rings (SSSR count). The van der Waals surface area contributed by atoms with Crippen LogP contribution in [0.25, 0.3) is 0 Å². The summed E-state index contributed by atoms with van der Waals surface area (Å²) >= 11 is 1.69. The number of amidine groups is 1. The lowest BCUT2D eigenvalue weighted by Gasteiger charge is -2.13. The molecular weight excluding hydrogens is 216 g/mol. The van der Waals surface area contributed by atoms with Gasteiger partial charge in [-0.15, -0.1) is 30.2 Å². The molecule has 0 fully saturated rings. The normalized spacial score (nSPS) is 18.9. The molecule has 2 heterocycles. The zero-order valence-corrected chi connectivity index (χ0v) is 9.41. The molecule has 1 aromatic heterocycles. The number of hydrogen-bond acceptors (Lipinski definition) is 3. The predicted molar refractivity (Wildman–Crippen MR) is 63.4 cm³/mol. The van der Waals surface area contributed by atoms with Gasteiger partial charge in [0.1, 0.15) is 11.9 Å². The van der Waals surface area contributed by atoms with E-state index < -0.39 is 0 Å². The molecule has 1 aliphatic rings. The highest BCUT2D eigenvalue weighted by molar-refractivity contribution is 7.14. The Bertz CT molecular complexity index is 414. The van der Waals surface area contributed by atoms with Crippen molar-refractivity contribution in [3.8, 4) is 12.3 Å². The molecule has 0 spiro atoms. The molecule has 74 valence electrons. The third kappa shape index (κ3) is 1.77. The van der Waals surface area contributed by atoms with Crippen molar-refractivity contribution in [1.82, 2.24) is 0 Å². The van der Waals surface area contributed by atoms with E-state index in [1.54, 1.807) is 11.3 Å². The Morgan fingerprint density at radius 1 is 1.71 bits per heavy atom. The molecule has 4 heteroatoms. The standard InChI is InChI=1S/C10H10N2S.ClH/c1-3-8-5-7-4-6(2)13-9(7)10(11)12-8;/h1,4,8H,5H2,2H3,(H2,11,12);1H.